The van der Waals surface area contributed by atoms with Crippen LogP contribution in [0.2, 0.25) is 0 Å². The van der Waals surface area contributed by atoms with E-state index in [2.05, 4.69) is 15.5 Å². The third-order valence-corrected chi connectivity index (χ3v) is 4.86. The van der Waals surface area contributed by atoms with Crippen LogP contribution in [-0.2, 0) is 9.59 Å². The molecule has 1 fully saturated rings. The standard InChI is InChI=1S/C16H20N4O2S/c1-2-5-15(21)20-8-3-6-12(20)16(22)17-14-10-11(18-19-14)13-7-4-9-23-13/h4,7,9-10,12H,2-3,5-6,8H2,1H3,(H2,17,18,19,22). The Morgan fingerprint density at radius 3 is 3.13 bits per heavy atom. The number of aromatic nitrogens is 2. The normalized spacial score (nSPS) is 17.4. The molecule has 1 unspecified atom stereocenters. The summed E-state index contributed by atoms with van der Waals surface area (Å²) >= 11 is 1.61. The lowest BCUT2D eigenvalue weighted by Crippen LogP contribution is -2.43. The van der Waals surface area contributed by atoms with Crippen LogP contribution in [-0.4, -0.2) is 39.5 Å². The second kappa shape index (κ2) is 6.95. The van der Waals surface area contributed by atoms with Crippen LogP contribution in [0.3, 0.4) is 0 Å². The molecule has 2 amide bonds. The van der Waals surface area contributed by atoms with Crippen molar-refractivity contribution in [1.29, 1.82) is 0 Å². The third kappa shape index (κ3) is 3.44. The number of thiophene rings is 1. The molecule has 0 radical (unpaired) electrons. The maximum absolute atomic E-state index is 12.5. The molecule has 3 rings (SSSR count). The van der Waals surface area contributed by atoms with Crippen molar-refractivity contribution in [3.63, 3.8) is 0 Å². The number of nitrogens with one attached hydrogen (secondary N) is 2. The highest BCUT2D eigenvalue weighted by Crippen LogP contribution is 2.25. The van der Waals surface area contributed by atoms with Gasteiger partial charge in [0.15, 0.2) is 5.82 Å². The van der Waals surface area contributed by atoms with Gasteiger partial charge in [0.05, 0.1) is 10.6 Å². The highest BCUT2D eigenvalue weighted by atomic mass is 32.1. The molecular weight excluding hydrogens is 312 g/mol. The molecule has 6 nitrogen and oxygen atoms in total. The highest BCUT2D eigenvalue weighted by molar-refractivity contribution is 7.13. The van der Waals surface area contributed by atoms with Gasteiger partial charge in [0.2, 0.25) is 11.8 Å². The fraction of sp³-hybridized carbons (Fsp3) is 0.438. The molecule has 1 saturated heterocycles. The summed E-state index contributed by atoms with van der Waals surface area (Å²) in [6.45, 7) is 2.64. The van der Waals surface area contributed by atoms with Gasteiger partial charge in [-0.2, -0.15) is 5.10 Å². The SMILES string of the molecule is CCCC(=O)N1CCCC1C(=O)Nc1cc(-c2cccs2)[nH]n1. The fourth-order valence-corrected chi connectivity index (χ4v) is 3.54. The van der Waals surface area contributed by atoms with Gasteiger partial charge in [-0.1, -0.05) is 13.0 Å². The van der Waals surface area contributed by atoms with Crippen LogP contribution in [0, 0.1) is 0 Å². The molecule has 1 aliphatic heterocycles. The van der Waals surface area contributed by atoms with Crippen molar-refractivity contribution >= 4 is 29.0 Å². The van der Waals surface area contributed by atoms with Gasteiger partial charge in [-0.15, -0.1) is 11.3 Å². The zero-order valence-electron chi connectivity index (χ0n) is 13.0. The smallest absolute Gasteiger partial charge is 0.248 e. The van der Waals surface area contributed by atoms with E-state index in [-0.39, 0.29) is 17.9 Å². The van der Waals surface area contributed by atoms with E-state index in [0.29, 0.717) is 25.2 Å². The van der Waals surface area contributed by atoms with Gasteiger partial charge in [-0.05, 0) is 30.7 Å². The van der Waals surface area contributed by atoms with Crippen molar-refractivity contribution in [1.82, 2.24) is 15.1 Å². The van der Waals surface area contributed by atoms with E-state index in [0.717, 1.165) is 23.4 Å². The minimum absolute atomic E-state index is 0.0615. The first-order valence-corrected chi connectivity index (χ1v) is 8.76. The highest BCUT2D eigenvalue weighted by Gasteiger charge is 2.33. The molecule has 0 aromatic carbocycles. The summed E-state index contributed by atoms with van der Waals surface area (Å²) < 4.78 is 0. The van der Waals surface area contributed by atoms with Crippen LogP contribution < -0.4 is 5.32 Å². The van der Waals surface area contributed by atoms with E-state index >= 15 is 0 Å². The Kier molecular flexibility index (Phi) is 4.76. The molecule has 1 atom stereocenters. The number of H-pyrrole nitrogens is 1. The van der Waals surface area contributed by atoms with Crippen molar-refractivity contribution in [2.75, 3.05) is 11.9 Å². The van der Waals surface area contributed by atoms with Gasteiger partial charge in [-0.3, -0.25) is 14.7 Å². The zero-order chi connectivity index (χ0) is 16.2. The molecule has 0 aliphatic carbocycles. The second-order valence-electron chi connectivity index (χ2n) is 5.63. The Bertz CT molecular complexity index is 680. The summed E-state index contributed by atoms with van der Waals surface area (Å²) in [5.41, 5.74) is 0.876. The van der Waals surface area contributed by atoms with Crippen LogP contribution in [0.1, 0.15) is 32.6 Å². The summed E-state index contributed by atoms with van der Waals surface area (Å²) in [6.07, 6.45) is 2.87. The maximum Gasteiger partial charge on any atom is 0.248 e. The number of hydrogen-bond donors (Lipinski definition) is 2. The topological polar surface area (TPSA) is 78.1 Å². The van der Waals surface area contributed by atoms with Crippen molar-refractivity contribution < 1.29 is 9.59 Å². The molecule has 7 heteroatoms. The van der Waals surface area contributed by atoms with Crippen molar-refractivity contribution in [2.45, 2.75) is 38.6 Å². The Morgan fingerprint density at radius 2 is 2.39 bits per heavy atom. The van der Waals surface area contributed by atoms with Crippen LogP contribution in [0.5, 0.6) is 0 Å². The lowest BCUT2D eigenvalue weighted by atomic mass is 10.2. The molecule has 0 bridgehead atoms. The lowest BCUT2D eigenvalue weighted by Gasteiger charge is -2.23. The van der Waals surface area contributed by atoms with Gasteiger partial charge in [0.25, 0.3) is 0 Å². The molecule has 3 heterocycles. The summed E-state index contributed by atoms with van der Waals surface area (Å²) in [7, 11) is 0. The molecule has 0 saturated carbocycles. The van der Waals surface area contributed by atoms with Crippen molar-refractivity contribution in [3.05, 3.63) is 23.6 Å². The maximum atomic E-state index is 12.5. The Morgan fingerprint density at radius 1 is 1.52 bits per heavy atom. The summed E-state index contributed by atoms with van der Waals surface area (Å²) in [5.74, 6) is 0.399. The predicted molar refractivity (Wildman–Crippen MR) is 90.2 cm³/mol. The molecule has 23 heavy (non-hydrogen) atoms. The van der Waals surface area contributed by atoms with Gasteiger partial charge < -0.3 is 10.2 Å². The van der Waals surface area contributed by atoms with Crippen molar-refractivity contribution in [3.8, 4) is 10.6 Å². The van der Waals surface area contributed by atoms with Gasteiger partial charge in [-0.25, -0.2) is 0 Å². The van der Waals surface area contributed by atoms with Crippen LogP contribution >= 0.6 is 11.3 Å². The number of amides is 2. The van der Waals surface area contributed by atoms with Gasteiger partial charge >= 0.3 is 0 Å². The molecule has 2 N–H and O–H groups in total. The average Bonchev–Trinajstić information content (AvgIpc) is 3.28. The van der Waals surface area contributed by atoms with E-state index in [4.69, 9.17) is 0 Å². The van der Waals surface area contributed by atoms with Gasteiger partial charge in [0.1, 0.15) is 6.04 Å². The predicted octanol–water partition coefficient (Wildman–Crippen LogP) is 2.87. The van der Waals surface area contributed by atoms with Crippen LogP contribution in [0.25, 0.3) is 10.6 Å². The van der Waals surface area contributed by atoms with Crippen LogP contribution in [0.15, 0.2) is 23.6 Å². The molecule has 1 aliphatic rings. The largest absolute Gasteiger partial charge is 0.331 e. The fourth-order valence-electron chi connectivity index (χ4n) is 2.85. The van der Waals surface area contributed by atoms with E-state index < -0.39 is 0 Å². The minimum atomic E-state index is -0.379. The Balaban J connectivity index is 1.66. The first kappa shape index (κ1) is 15.7. The third-order valence-electron chi connectivity index (χ3n) is 3.96. The molecular formula is C16H20N4O2S. The van der Waals surface area contributed by atoms with Crippen molar-refractivity contribution in [2.24, 2.45) is 0 Å². The zero-order valence-corrected chi connectivity index (χ0v) is 13.9. The summed E-state index contributed by atoms with van der Waals surface area (Å²) in [5, 5.41) is 11.9. The quantitative estimate of drug-likeness (QED) is 0.884. The number of carbonyl (C=O) groups excluding carboxylic acids is 2. The Hall–Kier alpha value is -2.15. The number of hydrogen-bond acceptors (Lipinski definition) is 4. The number of anilines is 1. The number of carbonyl (C=O) groups is 2. The second-order valence-corrected chi connectivity index (χ2v) is 6.58. The molecule has 0 spiro atoms. The van der Waals surface area contributed by atoms with E-state index in [1.165, 1.54) is 0 Å². The number of rotatable bonds is 5. The van der Waals surface area contributed by atoms with E-state index in [1.807, 2.05) is 30.5 Å². The number of nitrogens with zero attached hydrogens (tertiary/aromatic N) is 2. The number of aromatic amines is 1. The molecule has 2 aromatic heterocycles. The summed E-state index contributed by atoms with van der Waals surface area (Å²) in [4.78, 5) is 27.3. The molecule has 2 aromatic rings. The minimum Gasteiger partial charge on any atom is -0.331 e. The first-order valence-electron chi connectivity index (χ1n) is 7.88. The van der Waals surface area contributed by atoms with E-state index in [9.17, 15) is 9.59 Å². The van der Waals surface area contributed by atoms with E-state index in [1.54, 1.807) is 16.2 Å². The lowest BCUT2D eigenvalue weighted by molar-refractivity contribution is -0.136. The summed E-state index contributed by atoms with van der Waals surface area (Å²) in [6, 6.07) is 5.40. The monoisotopic (exact) mass is 332 g/mol. The first-order chi connectivity index (χ1) is 11.2. The van der Waals surface area contributed by atoms with Crippen LogP contribution in [0.4, 0.5) is 5.82 Å². The average molecular weight is 332 g/mol. The number of likely N-dealkylation sites (tertiary alicyclic amines) is 1. The molecule has 122 valence electrons. The Labute approximate surface area is 138 Å². The van der Waals surface area contributed by atoms with Gasteiger partial charge in [0, 0.05) is 19.0 Å².